The minimum absolute atomic E-state index is 0.289. The van der Waals surface area contributed by atoms with Crippen molar-refractivity contribution in [2.24, 2.45) is 4.99 Å². The van der Waals surface area contributed by atoms with Gasteiger partial charge >= 0.3 is 0 Å². The lowest BCUT2D eigenvalue weighted by atomic mass is 10.1. The van der Waals surface area contributed by atoms with Crippen LogP contribution in [0.25, 0.3) is 23.2 Å². The maximum absolute atomic E-state index is 13.3. The van der Waals surface area contributed by atoms with Gasteiger partial charge < -0.3 is 0 Å². The second-order valence-electron chi connectivity index (χ2n) is 5.54. The van der Waals surface area contributed by atoms with Crippen LogP contribution in [0.4, 0.5) is 4.39 Å². The van der Waals surface area contributed by atoms with Crippen molar-refractivity contribution in [3.8, 4) is 17.1 Å². The summed E-state index contributed by atoms with van der Waals surface area (Å²) in [6.07, 6.45) is 5.06. The molecule has 0 amide bonds. The number of aliphatic imine (C=N–C) groups is 1. The summed E-state index contributed by atoms with van der Waals surface area (Å²) < 4.78 is 15.3. The van der Waals surface area contributed by atoms with Crippen molar-refractivity contribution < 1.29 is 4.39 Å². The lowest BCUT2D eigenvalue weighted by molar-refractivity contribution is 0.627. The van der Waals surface area contributed by atoms with Crippen molar-refractivity contribution in [2.75, 3.05) is 0 Å². The molecule has 3 aromatic rings. The number of pyridine rings is 1. The van der Waals surface area contributed by atoms with E-state index in [2.05, 4.69) is 16.7 Å². The summed E-state index contributed by atoms with van der Waals surface area (Å²) in [4.78, 5) is 12.6. The molecule has 0 radical (unpaired) electrons. The summed E-state index contributed by atoms with van der Waals surface area (Å²) in [7, 11) is 0. The van der Waals surface area contributed by atoms with Gasteiger partial charge in [0.1, 0.15) is 16.8 Å². The summed E-state index contributed by atoms with van der Waals surface area (Å²) in [5.41, 5.74) is 4.26. The van der Waals surface area contributed by atoms with E-state index in [1.165, 1.54) is 12.1 Å². The molecule has 4 nitrogen and oxygen atoms in total. The van der Waals surface area contributed by atoms with Crippen molar-refractivity contribution in [2.45, 2.75) is 13.8 Å². The lowest BCUT2D eigenvalue weighted by Gasteiger charge is -2.12. The SMILES string of the molecule is C=N/C=C\c1nc(-c2cnc(Cl)cc2C)n(-c2ccc(F)cc2)c1C. The molecule has 0 saturated carbocycles. The zero-order valence-corrected chi connectivity index (χ0v) is 14.6. The third-order valence-electron chi connectivity index (χ3n) is 3.89. The maximum Gasteiger partial charge on any atom is 0.147 e. The number of hydrogen-bond acceptors (Lipinski definition) is 3. The van der Waals surface area contributed by atoms with Crippen molar-refractivity contribution in [1.82, 2.24) is 14.5 Å². The van der Waals surface area contributed by atoms with Gasteiger partial charge in [-0.15, -0.1) is 0 Å². The summed E-state index contributed by atoms with van der Waals surface area (Å²) in [5.74, 6) is 0.415. The van der Waals surface area contributed by atoms with Gasteiger partial charge in [0.05, 0.1) is 5.69 Å². The Morgan fingerprint density at radius 3 is 2.60 bits per heavy atom. The van der Waals surface area contributed by atoms with Gasteiger partial charge in [-0.3, -0.25) is 9.56 Å². The van der Waals surface area contributed by atoms with E-state index >= 15 is 0 Å². The molecule has 3 rings (SSSR count). The average Bonchev–Trinajstić information content (AvgIpc) is 2.90. The molecule has 0 aliphatic carbocycles. The van der Waals surface area contributed by atoms with E-state index in [1.807, 2.05) is 18.4 Å². The molecule has 0 N–H and O–H groups in total. The number of rotatable bonds is 4. The van der Waals surface area contributed by atoms with Crippen LogP contribution < -0.4 is 0 Å². The van der Waals surface area contributed by atoms with Gasteiger partial charge in [0.2, 0.25) is 0 Å². The van der Waals surface area contributed by atoms with Crippen LogP contribution in [0.1, 0.15) is 17.0 Å². The van der Waals surface area contributed by atoms with Crippen LogP contribution in [0.5, 0.6) is 0 Å². The average molecular weight is 355 g/mol. The van der Waals surface area contributed by atoms with Crippen molar-refractivity contribution >= 4 is 24.4 Å². The number of hydrogen-bond donors (Lipinski definition) is 0. The minimum Gasteiger partial charge on any atom is -0.296 e. The van der Waals surface area contributed by atoms with E-state index in [9.17, 15) is 4.39 Å². The largest absolute Gasteiger partial charge is 0.296 e. The van der Waals surface area contributed by atoms with E-state index in [0.717, 1.165) is 28.2 Å². The van der Waals surface area contributed by atoms with Crippen LogP contribution in [0.2, 0.25) is 5.15 Å². The Kier molecular flexibility index (Phi) is 4.76. The number of aryl methyl sites for hydroxylation is 1. The molecule has 0 saturated heterocycles. The van der Waals surface area contributed by atoms with Gasteiger partial charge in [0.25, 0.3) is 0 Å². The normalized spacial score (nSPS) is 11.2. The van der Waals surface area contributed by atoms with Gasteiger partial charge in [-0.25, -0.2) is 14.4 Å². The number of benzene rings is 1. The van der Waals surface area contributed by atoms with E-state index in [0.29, 0.717) is 11.0 Å². The monoisotopic (exact) mass is 354 g/mol. The maximum atomic E-state index is 13.3. The molecule has 126 valence electrons. The Balaban J connectivity index is 2.27. The molecule has 0 unspecified atom stereocenters. The highest BCUT2D eigenvalue weighted by Gasteiger charge is 2.17. The molecule has 2 aromatic heterocycles. The van der Waals surface area contributed by atoms with Crippen LogP contribution in [0, 0.1) is 19.7 Å². The second kappa shape index (κ2) is 6.99. The lowest BCUT2D eigenvalue weighted by Crippen LogP contribution is -2.01. The summed E-state index contributed by atoms with van der Waals surface area (Å²) in [6.45, 7) is 7.34. The molecule has 2 heterocycles. The highest BCUT2D eigenvalue weighted by atomic mass is 35.5. The fraction of sp³-hybridized carbons (Fsp3) is 0.105. The van der Waals surface area contributed by atoms with Crippen molar-refractivity contribution in [3.63, 3.8) is 0 Å². The van der Waals surface area contributed by atoms with Crippen LogP contribution in [0.3, 0.4) is 0 Å². The molecule has 25 heavy (non-hydrogen) atoms. The third-order valence-corrected chi connectivity index (χ3v) is 4.09. The topological polar surface area (TPSA) is 43.1 Å². The Bertz CT molecular complexity index is 958. The van der Waals surface area contributed by atoms with E-state index < -0.39 is 0 Å². The zero-order valence-electron chi connectivity index (χ0n) is 13.9. The summed E-state index contributed by atoms with van der Waals surface area (Å²) in [5, 5.41) is 0.425. The number of imidazole rings is 1. The molecular weight excluding hydrogens is 339 g/mol. The first-order chi connectivity index (χ1) is 12.0. The minimum atomic E-state index is -0.289. The second-order valence-corrected chi connectivity index (χ2v) is 5.93. The molecule has 0 fully saturated rings. The zero-order chi connectivity index (χ0) is 18.0. The van der Waals surface area contributed by atoms with E-state index in [-0.39, 0.29) is 5.82 Å². The first kappa shape index (κ1) is 17.0. The summed E-state index contributed by atoms with van der Waals surface area (Å²) in [6, 6.07) is 8.06. The first-order valence-corrected chi connectivity index (χ1v) is 7.99. The molecule has 0 atom stereocenters. The molecule has 6 heteroatoms. The Hall–Kier alpha value is -2.79. The fourth-order valence-electron chi connectivity index (χ4n) is 2.64. The third kappa shape index (κ3) is 3.37. The predicted octanol–water partition coefficient (Wildman–Crippen LogP) is 5.01. The van der Waals surface area contributed by atoms with Gasteiger partial charge in [-0.05, 0) is 62.5 Å². The van der Waals surface area contributed by atoms with E-state index in [1.54, 1.807) is 36.7 Å². The first-order valence-electron chi connectivity index (χ1n) is 7.61. The molecule has 0 aliphatic rings. The van der Waals surface area contributed by atoms with Crippen LogP contribution in [0.15, 0.2) is 47.7 Å². The number of nitrogens with zero attached hydrogens (tertiary/aromatic N) is 4. The van der Waals surface area contributed by atoms with Crippen molar-refractivity contribution in [1.29, 1.82) is 0 Å². The van der Waals surface area contributed by atoms with Crippen LogP contribution in [-0.2, 0) is 0 Å². The number of halogens is 2. The quantitative estimate of drug-likeness (QED) is 0.488. The van der Waals surface area contributed by atoms with Gasteiger partial charge in [-0.1, -0.05) is 11.6 Å². The molecule has 1 aromatic carbocycles. The molecular formula is C19H16ClFN4. The van der Waals surface area contributed by atoms with Gasteiger partial charge in [0, 0.05) is 29.3 Å². The smallest absolute Gasteiger partial charge is 0.147 e. The Labute approximate surface area is 150 Å². The van der Waals surface area contributed by atoms with Gasteiger partial charge in [-0.2, -0.15) is 0 Å². The highest BCUT2D eigenvalue weighted by Crippen LogP contribution is 2.29. The summed E-state index contributed by atoms with van der Waals surface area (Å²) >= 11 is 5.97. The Morgan fingerprint density at radius 2 is 1.96 bits per heavy atom. The Morgan fingerprint density at radius 1 is 1.24 bits per heavy atom. The van der Waals surface area contributed by atoms with Crippen LogP contribution in [-0.4, -0.2) is 21.3 Å². The molecule has 0 spiro atoms. The molecule has 0 bridgehead atoms. The standard InChI is InChI=1S/C19H16ClFN4/c1-12-10-18(20)23-11-16(12)19-24-17(8-9-22-3)13(2)25(19)15-6-4-14(21)5-7-15/h4-11H,3H2,1-2H3/b9-8-. The van der Waals surface area contributed by atoms with E-state index in [4.69, 9.17) is 16.6 Å². The number of aromatic nitrogens is 3. The van der Waals surface area contributed by atoms with Gasteiger partial charge in [0.15, 0.2) is 0 Å². The molecule has 0 aliphatic heterocycles. The fourth-order valence-corrected chi connectivity index (χ4v) is 2.85. The van der Waals surface area contributed by atoms with Crippen LogP contribution >= 0.6 is 11.6 Å². The van der Waals surface area contributed by atoms with Crippen molar-refractivity contribution in [3.05, 3.63) is 70.7 Å². The predicted molar refractivity (Wildman–Crippen MR) is 99.8 cm³/mol. The highest BCUT2D eigenvalue weighted by molar-refractivity contribution is 6.29.